The van der Waals surface area contributed by atoms with Crippen LogP contribution < -0.4 is 4.72 Å². The summed E-state index contributed by atoms with van der Waals surface area (Å²) in [5, 5.41) is 0. The third-order valence-electron chi connectivity index (χ3n) is 3.27. The fraction of sp³-hybridized carbons (Fsp3) is 0.538. The van der Waals surface area contributed by atoms with Crippen molar-refractivity contribution < 1.29 is 13.2 Å². The van der Waals surface area contributed by atoms with E-state index in [0.29, 0.717) is 11.4 Å². The van der Waals surface area contributed by atoms with Crippen LogP contribution in [0.5, 0.6) is 0 Å². The van der Waals surface area contributed by atoms with Crippen LogP contribution in [0.4, 0.5) is 0 Å². The SMILES string of the molecule is Cc1cc(S(=O)(=O)NC[C@@H]2CCCO2)c(C)cc1Br. The van der Waals surface area contributed by atoms with Gasteiger partial charge in [0.15, 0.2) is 0 Å². The number of aryl methyl sites for hydroxylation is 2. The maximum atomic E-state index is 12.3. The molecule has 1 aliphatic rings. The zero-order valence-corrected chi connectivity index (χ0v) is 13.5. The van der Waals surface area contributed by atoms with Crippen molar-refractivity contribution in [1.29, 1.82) is 0 Å². The summed E-state index contributed by atoms with van der Waals surface area (Å²) in [7, 11) is -3.47. The lowest BCUT2D eigenvalue weighted by Crippen LogP contribution is -2.32. The third-order valence-corrected chi connectivity index (χ3v) is 5.69. The molecule has 1 heterocycles. The van der Waals surface area contributed by atoms with Crippen molar-refractivity contribution in [2.24, 2.45) is 0 Å². The second-order valence-electron chi connectivity index (χ2n) is 4.85. The lowest BCUT2D eigenvalue weighted by molar-refractivity contribution is 0.114. The van der Waals surface area contributed by atoms with Crippen molar-refractivity contribution in [3.8, 4) is 0 Å². The molecule has 4 nitrogen and oxygen atoms in total. The maximum absolute atomic E-state index is 12.3. The highest BCUT2D eigenvalue weighted by Gasteiger charge is 2.22. The first kappa shape index (κ1) is 15.0. The van der Waals surface area contributed by atoms with Crippen LogP contribution in [0.3, 0.4) is 0 Å². The van der Waals surface area contributed by atoms with E-state index in [-0.39, 0.29) is 6.10 Å². The van der Waals surface area contributed by atoms with Crippen LogP contribution >= 0.6 is 15.9 Å². The van der Waals surface area contributed by atoms with E-state index in [1.54, 1.807) is 13.0 Å². The fourth-order valence-corrected chi connectivity index (χ4v) is 3.96. The van der Waals surface area contributed by atoms with Gasteiger partial charge in [0.25, 0.3) is 0 Å². The Hall–Kier alpha value is -0.430. The fourth-order valence-electron chi connectivity index (χ4n) is 2.13. The van der Waals surface area contributed by atoms with Gasteiger partial charge in [-0.15, -0.1) is 0 Å². The van der Waals surface area contributed by atoms with Gasteiger partial charge in [0.05, 0.1) is 11.0 Å². The highest BCUT2D eigenvalue weighted by Crippen LogP contribution is 2.24. The average Bonchev–Trinajstić information content (AvgIpc) is 2.84. The zero-order chi connectivity index (χ0) is 14.0. The molecule has 1 aliphatic heterocycles. The molecule has 1 atom stereocenters. The topological polar surface area (TPSA) is 55.4 Å². The molecule has 6 heteroatoms. The number of sulfonamides is 1. The minimum Gasteiger partial charge on any atom is -0.377 e. The van der Waals surface area contributed by atoms with Crippen molar-refractivity contribution in [2.45, 2.75) is 37.7 Å². The highest BCUT2D eigenvalue weighted by atomic mass is 79.9. The molecule has 0 amide bonds. The predicted molar refractivity (Wildman–Crippen MR) is 77.8 cm³/mol. The van der Waals surface area contributed by atoms with Crippen LogP contribution in [0.1, 0.15) is 24.0 Å². The molecule has 0 bridgehead atoms. The van der Waals surface area contributed by atoms with Gasteiger partial charge in [0.1, 0.15) is 0 Å². The first-order chi connectivity index (χ1) is 8.90. The van der Waals surface area contributed by atoms with Crippen LogP contribution in [0.15, 0.2) is 21.5 Å². The molecule has 0 aromatic heterocycles. The number of rotatable bonds is 4. The first-order valence-corrected chi connectivity index (χ1v) is 8.56. The average molecular weight is 348 g/mol. The van der Waals surface area contributed by atoms with E-state index in [4.69, 9.17) is 4.74 Å². The number of hydrogen-bond donors (Lipinski definition) is 1. The largest absolute Gasteiger partial charge is 0.377 e. The molecule has 1 aromatic rings. The number of nitrogens with one attached hydrogen (secondary N) is 1. The van der Waals surface area contributed by atoms with E-state index in [9.17, 15) is 8.42 Å². The van der Waals surface area contributed by atoms with Gasteiger partial charge in [0.2, 0.25) is 10.0 Å². The molecular weight excluding hydrogens is 330 g/mol. The highest BCUT2D eigenvalue weighted by molar-refractivity contribution is 9.10. The molecule has 0 saturated carbocycles. The molecule has 0 unspecified atom stereocenters. The van der Waals surface area contributed by atoms with Gasteiger partial charge in [-0.1, -0.05) is 15.9 Å². The molecule has 1 saturated heterocycles. The van der Waals surface area contributed by atoms with Crippen LogP contribution in [0.25, 0.3) is 0 Å². The quantitative estimate of drug-likeness (QED) is 0.910. The van der Waals surface area contributed by atoms with Gasteiger partial charge in [-0.3, -0.25) is 0 Å². The van der Waals surface area contributed by atoms with Crippen molar-refractivity contribution in [2.75, 3.05) is 13.2 Å². The van der Waals surface area contributed by atoms with E-state index in [0.717, 1.165) is 35.0 Å². The summed E-state index contributed by atoms with van der Waals surface area (Å²) in [6.07, 6.45) is 1.93. The Bertz CT molecular complexity index is 565. The Morgan fingerprint density at radius 3 is 2.74 bits per heavy atom. The molecule has 19 heavy (non-hydrogen) atoms. The summed E-state index contributed by atoms with van der Waals surface area (Å²) in [6.45, 7) is 4.74. The predicted octanol–water partition coefficient (Wildman–Crippen LogP) is 2.52. The molecule has 1 N–H and O–H groups in total. The lowest BCUT2D eigenvalue weighted by atomic mass is 10.2. The Balaban J connectivity index is 2.16. The zero-order valence-electron chi connectivity index (χ0n) is 11.1. The van der Waals surface area contributed by atoms with Crippen molar-refractivity contribution in [3.05, 3.63) is 27.7 Å². The van der Waals surface area contributed by atoms with Crippen LogP contribution in [-0.4, -0.2) is 27.7 Å². The molecular formula is C13H18BrNO3S. The van der Waals surface area contributed by atoms with Gasteiger partial charge in [0, 0.05) is 17.6 Å². The molecule has 2 rings (SSSR count). The van der Waals surface area contributed by atoms with Gasteiger partial charge in [-0.25, -0.2) is 13.1 Å². The monoisotopic (exact) mass is 347 g/mol. The molecule has 0 radical (unpaired) electrons. The second-order valence-corrected chi connectivity index (χ2v) is 7.44. The smallest absolute Gasteiger partial charge is 0.240 e. The van der Waals surface area contributed by atoms with E-state index in [1.807, 2.05) is 13.0 Å². The minimum atomic E-state index is -3.47. The molecule has 0 aliphatic carbocycles. The van der Waals surface area contributed by atoms with E-state index in [1.165, 1.54) is 0 Å². The maximum Gasteiger partial charge on any atom is 0.240 e. The van der Waals surface area contributed by atoms with Crippen molar-refractivity contribution in [1.82, 2.24) is 4.72 Å². The molecule has 106 valence electrons. The minimum absolute atomic E-state index is 0.00614. The molecule has 1 fully saturated rings. The lowest BCUT2D eigenvalue weighted by Gasteiger charge is -2.14. The third kappa shape index (κ3) is 3.56. The van der Waals surface area contributed by atoms with Crippen LogP contribution in [-0.2, 0) is 14.8 Å². The summed E-state index contributed by atoms with van der Waals surface area (Å²) in [5.41, 5.74) is 1.64. The summed E-state index contributed by atoms with van der Waals surface area (Å²) in [4.78, 5) is 0.339. The summed E-state index contributed by atoms with van der Waals surface area (Å²) < 4.78 is 33.6. The number of hydrogen-bond acceptors (Lipinski definition) is 3. The van der Waals surface area contributed by atoms with Crippen molar-refractivity contribution in [3.63, 3.8) is 0 Å². The second kappa shape index (κ2) is 5.91. The van der Waals surface area contributed by atoms with Gasteiger partial charge in [-0.2, -0.15) is 0 Å². The summed E-state index contributed by atoms with van der Waals surface area (Å²) in [6, 6.07) is 3.52. The van der Waals surface area contributed by atoms with Crippen molar-refractivity contribution >= 4 is 26.0 Å². The van der Waals surface area contributed by atoms with Gasteiger partial charge in [-0.05, 0) is 49.9 Å². The van der Waals surface area contributed by atoms with Gasteiger partial charge >= 0.3 is 0 Å². The van der Waals surface area contributed by atoms with E-state index < -0.39 is 10.0 Å². The summed E-state index contributed by atoms with van der Waals surface area (Å²) in [5.74, 6) is 0. The Kier molecular flexibility index (Phi) is 4.66. The van der Waals surface area contributed by atoms with Crippen LogP contribution in [0, 0.1) is 13.8 Å². The Morgan fingerprint density at radius 1 is 1.37 bits per heavy atom. The van der Waals surface area contributed by atoms with Gasteiger partial charge < -0.3 is 4.74 Å². The van der Waals surface area contributed by atoms with E-state index in [2.05, 4.69) is 20.7 Å². The molecule has 1 aromatic carbocycles. The van der Waals surface area contributed by atoms with Crippen LogP contribution in [0.2, 0.25) is 0 Å². The van der Waals surface area contributed by atoms with E-state index >= 15 is 0 Å². The first-order valence-electron chi connectivity index (χ1n) is 6.28. The number of benzene rings is 1. The standard InChI is InChI=1S/C13H18BrNO3S/c1-9-7-13(10(2)6-12(9)14)19(16,17)15-8-11-4-3-5-18-11/h6-7,11,15H,3-5,8H2,1-2H3/t11-/m0/s1. The normalized spacial score (nSPS) is 19.8. The Morgan fingerprint density at radius 2 is 2.11 bits per heavy atom. The summed E-state index contributed by atoms with van der Waals surface area (Å²) >= 11 is 3.40. The Labute approximate surface area is 122 Å². The molecule has 0 spiro atoms. The number of halogens is 1. The number of ether oxygens (including phenoxy) is 1.